The first-order chi connectivity index (χ1) is 31.5. The molecule has 1 unspecified atom stereocenters. The molecule has 0 aromatic heterocycles. The van der Waals surface area contributed by atoms with E-state index in [1.54, 1.807) is 0 Å². The summed E-state index contributed by atoms with van der Waals surface area (Å²) in [4.78, 5) is 37.9. The zero-order valence-corrected chi connectivity index (χ0v) is 40.7. The van der Waals surface area contributed by atoms with Gasteiger partial charge in [0.05, 0.1) is 0 Å². The number of unbranched alkanes of at least 4 members (excludes halogenated alkanes) is 11. The highest BCUT2D eigenvalue weighted by Gasteiger charge is 2.19. The van der Waals surface area contributed by atoms with Crippen LogP contribution >= 0.6 is 0 Å². The highest BCUT2D eigenvalue weighted by molar-refractivity contribution is 5.71. The third kappa shape index (κ3) is 48.6. The first-order valence-electron chi connectivity index (χ1n) is 25.2. The number of hydrogen-bond donors (Lipinski definition) is 0. The molecular weight excluding hydrogens is 793 g/mol. The SMILES string of the molecule is CC/C=C\C/C=C\C/C=C\C/C=C\C/C=C\CCC(=O)OC(COC(=O)CCCCC/C=C\C=C/CCCC)COC(=O)CCCCCCCC/C=C\C/C=C\C/C=C\C/C=C\CC. The lowest BCUT2D eigenvalue weighted by atomic mass is 10.1. The van der Waals surface area contributed by atoms with Gasteiger partial charge in [-0.3, -0.25) is 14.4 Å². The van der Waals surface area contributed by atoms with Crippen molar-refractivity contribution in [3.05, 3.63) is 134 Å². The molecular formula is C58H90O6. The van der Waals surface area contributed by atoms with Crippen LogP contribution in [0, 0.1) is 0 Å². The Morgan fingerprint density at radius 1 is 0.344 bits per heavy atom. The predicted molar refractivity (Wildman–Crippen MR) is 274 cm³/mol. The van der Waals surface area contributed by atoms with Gasteiger partial charge in [0.2, 0.25) is 0 Å². The maximum Gasteiger partial charge on any atom is 0.306 e. The number of carbonyl (C=O) groups is 3. The largest absolute Gasteiger partial charge is 0.462 e. The second-order valence-corrected chi connectivity index (χ2v) is 16.0. The Morgan fingerprint density at radius 3 is 1.12 bits per heavy atom. The van der Waals surface area contributed by atoms with Gasteiger partial charge in [-0.1, -0.05) is 199 Å². The summed E-state index contributed by atoms with van der Waals surface area (Å²) in [5, 5.41) is 0. The van der Waals surface area contributed by atoms with Gasteiger partial charge in [0.15, 0.2) is 6.10 Å². The van der Waals surface area contributed by atoms with Crippen LogP contribution in [0.5, 0.6) is 0 Å². The van der Waals surface area contributed by atoms with Gasteiger partial charge >= 0.3 is 17.9 Å². The van der Waals surface area contributed by atoms with Crippen molar-refractivity contribution >= 4 is 17.9 Å². The molecule has 0 fully saturated rings. The van der Waals surface area contributed by atoms with E-state index in [4.69, 9.17) is 14.2 Å². The van der Waals surface area contributed by atoms with Crippen LogP contribution in [-0.4, -0.2) is 37.2 Å². The standard InChI is InChI=1S/C58H90O6/c1-4-7-10-13-16-19-22-24-26-28-29-30-32-33-36-39-42-45-48-51-57(60)63-54-55(53-62-56(59)50-47-44-41-38-35-21-18-15-12-9-6-3)64-58(61)52-49-46-43-40-37-34-31-27-25-23-20-17-14-11-8-5-2/h7-8,10-11,15-21,24-27,29-30,34-35,37,43,46,55H,4-6,9,12-14,22-23,28,31-33,36,38-42,44-45,47-54H2,1-3H3/b10-7-,11-8-,18-15-,19-16-,20-17-,26-24-,27-25-,30-29-,35-21-,37-34-,46-43-. The first-order valence-corrected chi connectivity index (χ1v) is 25.2. The van der Waals surface area contributed by atoms with Crippen molar-refractivity contribution in [2.24, 2.45) is 0 Å². The van der Waals surface area contributed by atoms with Crippen molar-refractivity contribution in [2.75, 3.05) is 13.2 Å². The zero-order valence-electron chi connectivity index (χ0n) is 40.7. The van der Waals surface area contributed by atoms with Crippen molar-refractivity contribution in [2.45, 2.75) is 200 Å². The molecule has 0 amide bonds. The first kappa shape index (κ1) is 59.5. The van der Waals surface area contributed by atoms with Crippen molar-refractivity contribution < 1.29 is 28.6 Å². The number of hydrogen-bond acceptors (Lipinski definition) is 6. The van der Waals surface area contributed by atoms with Crippen molar-refractivity contribution in [1.82, 2.24) is 0 Å². The molecule has 0 aromatic carbocycles. The number of esters is 3. The average Bonchev–Trinajstić information content (AvgIpc) is 3.29. The molecule has 0 N–H and O–H groups in total. The highest BCUT2D eigenvalue weighted by Crippen LogP contribution is 2.12. The third-order valence-electron chi connectivity index (χ3n) is 9.91. The van der Waals surface area contributed by atoms with E-state index in [0.29, 0.717) is 19.3 Å². The Balaban J connectivity index is 4.54. The number of carbonyl (C=O) groups excluding carboxylic acids is 3. The molecule has 1 atom stereocenters. The summed E-state index contributed by atoms with van der Waals surface area (Å²) in [7, 11) is 0. The van der Waals surface area contributed by atoms with Crippen molar-refractivity contribution in [1.29, 1.82) is 0 Å². The van der Waals surface area contributed by atoms with Gasteiger partial charge in [-0.15, -0.1) is 0 Å². The highest BCUT2D eigenvalue weighted by atomic mass is 16.6. The minimum atomic E-state index is -0.838. The zero-order chi connectivity index (χ0) is 46.5. The van der Waals surface area contributed by atoms with Crippen molar-refractivity contribution in [3.8, 4) is 0 Å². The van der Waals surface area contributed by atoms with Crippen LogP contribution in [-0.2, 0) is 28.6 Å². The minimum absolute atomic E-state index is 0.129. The topological polar surface area (TPSA) is 78.9 Å². The molecule has 64 heavy (non-hydrogen) atoms. The van der Waals surface area contributed by atoms with Crippen LogP contribution < -0.4 is 0 Å². The lowest BCUT2D eigenvalue weighted by molar-refractivity contribution is -0.166. The molecule has 0 saturated carbocycles. The molecule has 0 aliphatic rings. The van der Waals surface area contributed by atoms with Crippen LogP contribution in [0.25, 0.3) is 0 Å². The van der Waals surface area contributed by atoms with Gasteiger partial charge in [0.25, 0.3) is 0 Å². The van der Waals surface area contributed by atoms with Crippen molar-refractivity contribution in [3.63, 3.8) is 0 Å². The third-order valence-corrected chi connectivity index (χ3v) is 9.91. The molecule has 6 heteroatoms. The minimum Gasteiger partial charge on any atom is -0.462 e. The molecule has 0 spiro atoms. The van der Waals surface area contributed by atoms with Gasteiger partial charge in [0.1, 0.15) is 13.2 Å². The van der Waals surface area contributed by atoms with E-state index in [0.717, 1.165) is 122 Å². The van der Waals surface area contributed by atoms with Crippen LogP contribution in [0.3, 0.4) is 0 Å². The summed E-state index contributed by atoms with van der Waals surface area (Å²) in [6, 6.07) is 0. The maximum atomic E-state index is 12.7. The number of allylic oxidation sites excluding steroid dienone is 22. The van der Waals surface area contributed by atoms with E-state index < -0.39 is 12.1 Å². The second kappa shape index (κ2) is 51.2. The number of rotatable bonds is 43. The molecule has 0 saturated heterocycles. The van der Waals surface area contributed by atoms with Crippen LogP contribution in [0.4, 0.5) is 0 Å². The van der Waals surface area contributed by atoms with E-state index in [-0.39, 0.29) is 31.6 Å². The van der Waals surface area contributed by atoms with E-state index in [1.807, 2.05) is 12.2 Å². The van der Waals surface area contributed by atoms with Gasteiger partial charge < -0.3 is 14.2 Å². The van der Waals surface area contributed by atoms with Gasteiger partial charge in [-0.2, -0.15) is 0 Å². The van der Waals surface area contributed by atoms with E-state index in [9.17, 15) is 14.4 Å². The van der Waals surface area contributed by atoms with E-state index >= 15 is 0 Å². The molecule has 0 aliphatic heterocycles. The second-order valence-electron chi connectivity index (χ2n) is 16.0. The predicted octanol–water partition coefficient (Wildman–Crippen LogP) is 16.7. The Kier molecular flexibility index (Phi) is 47.6. The van der Waals surface area contributed by atoms with Crippen LogP contribution in [0.2, 0.25) is 0 Å². The monoisotopic (exact) mass is 883 g/mol. The summed E-state index contributed by atoms with van der Waals surface area (Å²) < 4.78 is 16.7. The molecule has 0 heterocycles. The molecule has 358 valence electrons. The molecule has 6 nitrogen and oxygen atoms in total. The van der Waals surface area contributed by atoms with Gasteiger partial charge in [0, 0.05) is 19.3 Å². The summed E-state index contributed by atoms with van der Waals surface area (Å²) in [6.45, 7) is 6.23. The van der Waals surface area contributed by atoms with E-state index in [1.165, 1.54) is 25.7 Å². The summed E-state index contributed by atoms with van der Waals surface area (Å²) in [6.07, 6.45) is 71.6. The summed E-state index contributed by atoms with van der Waals surface area (Å²) in [5.41, 5.74) is 0. The van der Waals surface area contributed by atoms with Crippen LogP contribution in [0.1, 0.15) is 194 Å². The lowest BCUT2D eigenvalue weighted by Crippen LogP contribution is -2.30. The molecule has 0 bridgehead atoms. The normalized spacial score (nSPS) is 13.2. The summed E-state index contributed by atoms with van der Waals surface area (Å²) >= 11 is 0. The van der Waals surface area contributed by atoms with Gasteiger partial charge in [-0.05, 0) is 109 Å². The van der Waals surface area contributed by atoms with E-state index in [2.05, 4.69) is 142 Å². The Morgan fingerprint density at radius 2 is 0.688 bits per heavy atom. The molecule has 0 radical (unpaired) electrons. The number of ether oxygens (including phenoxy) is 3. The lowest BCUT2D eigenvalue weighted by Gasteiger charge is -2.18. The smallest absolute Gasteiger partial charge is 0.306 e. The molecule has 0 aliphatic carbocycles. The fourth-order valence-corrected chi connectivity index (χ4v) is 6.16. The average molecular weight is 883 g/mol. The Labute approximate surface area is 392 Å². The Hall–Kier alpha value is -4.45. The Bertz CT molecular complexity index is 1430. The summed E-state index contributed by atoms with van der Waals surface area (Å²) in [5.74, 6) is -1.07. The fraction of sp³-hybridized carbons (Fsp3) is 0.569. The fourth-order valence-electron chi connectivity index (χ4n) is 6.16. The maximum absolute atomic E-state index is 12.7. The van der Waals surface area contributed by atoms with Crippen LogP contribution in [0.15, 0.2) is 134 Å². The van der Waals surface area contributed by atoms with Gasteiger partial charge in [-0.25, -0.2) is 0 Å². The molecule has 0 aromatic rings. The molecule has 0 rings (SSSR count). The quantitative estimate of drug-likeness (QED) is 0.0200.